The van der Waals surface area contributed by atoms with Gasteiger partial charge in [0, 0.05) is 31.7 Å². The number of urea groups is 1. The molecule has 0 spiro atoms. The molecule has 1 aromatic heterocycles. The number of ether oxygens (including phenoxy) is 1. The Hall–Kier alpha value is -2.87. The second kappa shape index (κ2) is 7.79. The molecule has 2 aromatic rings. The van der Waals surface area contributed by atoms with Crippen LogP contribution in [-0.4, -0.2) is 59.7 Å². The first-order chi connectivity index (χ1) is 13.2. The van der Waals surface area contributed by atoms with Crippen molar-refractivity contribution in [3.63, 3.8) is 0 Å². The summed E-state index contributed by atoms with van der Waals surface area (Å²) in [6, 6.07) is 7.60. The van der Waals surface area contributed by atoms with E-state index in [2.05, 4.69) is 25.5 Å². The molecule has 1 aromatic carbocycles. The molecule has 27 heavy (non-hydrogen) atoms. The van der Waals surface area contributed by atoms with Crippen LogP contribution >= 0.6 is 0 Å². The third-order valence-corrected chi connectivity index (χ3v) is 4.88. The largest absolute Gasteiger partial charge is 0.491 e. The van der Waals surface area contributed by atoms with Gasteiger partial charge in [-0.1, -0.05) is 18.2 Å². The lowest BCUT2D eigenvalue weighted by Crippen LogP contribution is -2.44. The van der Waals surface area contributed by atoms with Gasteiger partial charge in [-0.25, -0.2) is 14.8 Å². The lowest BCUT2D eigenvalue weighted by Gasteiger charge is -2.28. The first kappa shape index (κ1) is 17.5. The lowest BCUT2D eigenvalue weighted by molar-refractivity contribution is 0.168. The molecule has 8 heteroatoms. The molecule has 1 unspecified atom stereocenters. The van der Waals surface area contributed by atoms with Crippen molar-refractivity contribution < 1.29 is 9.53 Å². The predicted molar refractivity (Wildman–Crippen MR) is 103 cm³/mol. The zero-order valence-electron chi connectivity index (χ0n) is 15.4. The van der Waals surface area contributed by atoms with Gasteiger partial charge in [-0.15, -0.1) is 0 Å². The molecule has 2 amide bonds. The number of benzene rings is 1. The van der Waals surface area contributed by atoms with Crippen LogP contribution in [0.3, 0.4) is 0 Å². The summed E-state index contributed by atoms with van der Waals surface area (Å²) in [5.74, 6) is 1.53. The van der Waals surface area contributed by atoms with Crippen LogP contribution in [0.1, 0.15) is 12.5 Å². The second-order valence-corrected chi connectivity index (χ2v) is 6.83. The maximum absolute atomic E-state index is 12.8. The smallest absolute Gasteiger partial charge is 0.322 e. The van der Waals surface area contributed by atoms with Crippen molar-refractivity contribution in [1.82, 2.24) is 20.2 Å². The highest BCUT2D eigenvalue weighted by Gasteiger charge is 2.25. The Balaban J connectivity index is 1.43. The highest BCUT2D eigenvalue weighted by atomic mass is 16.5. The average Bonchev–Trinajstić information content (AvgIpc) is 2.88. The van der Waals surface area contributed by atoms with Gasteiger partial charge < -0.3 is 25.2 Å². The van der Waals surface area contributed by atoms with Crippen LogP contribution < -0.4 is 20.3 Å². The number of amides is 2. The Labute approximate surface area is 158 Å². The topological polar surface area (TPSA) is 82.6 Å². The van der Waals surface area contributed by atoms with Gasteiger partial charge >= 0.3 is 6.03 Å². The minimum absolute atomic E-state index is 0.0431. The van der Waals surface area contributed by atoms with Crippen LogP contribution in [0.2, 0.25) is 0 Å². The number of anilines is 2. The van der Waals surface area contributed by atoms with Gasteiger partial charge in [0.1, 0.15) is 12.4 Å². The second-order valence-electron chi connectivity index (χ2n) is 6.83. The number of hydrogen-bond donors (Lipinski definition) is 2. The molecule has 142 valence electrons. The Morgan fingerprint density at radius 3 is 2.74 bits per heavy atom. The summed E-state index contributed by atoms with van der Waals surface area (Å²) in [4.78, 5) is 25.5. The van der Waals surface area contributed by atoms with E-state index in [1.54, 1.807) is 17.3 Å². The molecule has 1 saturated heterocycles. The molecule has 1 atom stereocenters. The average molecular weight is 368 g/mol. The van der Waals surface area contributed by atoms with E-state index in [1.165, 1.54) is 0 Å². The van der Waals surface area contributed by atoms with Gasteiger partial charge in [0.15, 0.2) is 0 Å². The number of para-hydroxylation sites is 1. The zero-order valence-corrected chi connectivity index (χ0v) is 15.4. The molecule has 0 bridgehead atoms. The SMILES string of the molecule is CC1COc2ccccc2CN1C(=O)Nc1cnc(N2CCNCC2)nc1. The normalized spacial score (nSPS) is 19.7. The van der Waals surface area contributed by atoms with Crippen molar-refractivity contribution in [2.45, 2.75) is 19.5 Å². The number of hydrogen-bond acceptors (Lipinski definition) is 6. The quantitative estimate of drug-likeness (QED) is 0.840. The lowest BCUT2D eigenvalue weighted by atomic mass is 10.2. The van der Waals surface area contributed by atoms with Crippen molar-refractivity contribution in [3.05, 3.63) is 42.2 Å². The number of aromatic nitrogens is 2. The molecular weight excluding hydrogens is 344 g/mol. The summed E-state index contributed by atoms with van der Waals surface area (Å²) in [5.41, 5.74) is 1.59. The summed E-state index contributed by atoms with van der Waals surface area (Å²) < 4.78 is 5.82. The molecule has 8 nitrogen and oxygen atoms in total. The van der Waals surface area contributed by atoms with E-state index in [1.807, 2.05) is 31.2 Å². The van der Waals surface area contributed by atoms with Crippen molar-refractivity contribution in [2.24, 2.45) is 0 Å². The van der Waals surface area contributed by atoms with E-state index in [9.17, 15) is 4.79 Å². The fraction of sp³-hybridized carbons (Fsp3) is 0.421. The van der Waals surface area contributed by atoms with Gasteiger partial charge in [-0.05, 0) is 13.0 Å². The molecule has 3 heterocycles. The summed E-state index contributed by atoms with van der Waals surface area (Å²) in [6.45, 7) is 6.57. The summed E-state index contributed by atoms with van der Waals surface area (Å²) in [6.07, 6.45) is 3.32. The van der Waals surface area contributed by atoms with Crippen LogP contribution in [0.4, 0.5) is 16.4 Å². The number of piperazine rings is 1. The van der Waals surface area contributed by atoms with Gasteiger partial charge in [0.25, 0.3) is 0 Å². The van der Waals surface area contributed by atoms with E-state index in [0.29, 0.717) is 24.8 Å². The third kappa shape index (κ3) is 3.95. The molecule has 2 aliphatic heterocycles. The number of carbonyl (C=O) groups excluding carboxylic acids is 1. The van der Waals surface area contributed by atoms with Crippen LogP contribution in [0.25, 0.3) is 0 Å². The number of nitrogens with zero attached hydrogens (tertiary/aromatic N) is 4. The molecule has 2 aliphatic rings. The van der Waals surface area contributed by atoms with Gasteiger partial charge in [0.05, 0.1) is 30.7 Å². The Morgan fingerprint density at radius 2 is 1.96 bits per heavy atom. The maximum Gasteiger partial charge on any atom is 0.322 e. The number of fused-ring (bicyclic) bond motifs is 1. The fourth-order valence-electron chi connectivity index (χ4n) is 3.30. The Kier molecular flexibility index (Phi) is 5.06. The van der Waals surface area contributed by atoms with E-state index < -0.39 is 0 Å². The molecule has 4 rings (SSSR count). The number of nitrogens with one attached hydrogen (secondary N) is 2. The first-order valence-corrected chi connectivity index (χ1v) is 9.27. The van der Waals surface area contributed by atoms with E-state index >= 15 is 0 Å². The van der Waals surface area contributed by atoms with E-state index in [-0.39, 0.29) is 12.1 Å². The molecule has 2 N–H and O–H groups in total. The third-order valence-electron chi connectivity index (χ3n) is 4.88. The predicted octanol–water partition coefficient (Wildman–Crippen LogP) is 1.70. The Morgan fingerprint density at radius 1 is 1.22 bits per heavy atom. The van der Waals surface area contributed by atoms with Crippen molar-refractivity contribution >= 4 is 17.7 Å². The monoisotopic (exact) mass is 368 g/mol. The van der Waals surface area contributed by atoms with Gasteiger partial charge in [-0.2, -0.15) is 0 Å². The molecule has 0 aliphatic carbocycles. The first-order valence-electron chi connectivity index (χ1n) is 9.27. The van der Waals surface area contributed by atoms with Crippen molar-refractivity contribution in [2.75, 3.05) is 43.0 Å². The van der Waals surface area contributed by atoms with Crippen molar-refractivity contribution in [3.8, 4) is 5.75 Å². The van der Waals surface area contributed by atoms with Crippen LogP contribution in [0.15, 0.2) is 36.7 Å². The Bertz CT molecular complexity index is 791. The number of rotatable bonds is 2. The van der Waals surface area contributed by atoms with Gasteiger partial charge in [0.2, 0.25) is 5.95 Å². The minimum Gasteiger partial charge on any atom is -0.491 e. The molecule has 1 fully saturated rings. The summed E-state index contributed by atoms with van der Waals surface area (Å²) in [5, 5.41) is 6.21. The molecule has 0 saturated carbocycles. The molecular formula is C19H24N6O2. The van der Waals surface area contributed by atoms with Crippen molar-refractivity contribution in [1.29, 1.82) is 0 Å². The van der Waals surface area contributed by atoms with Crippen LogP contribution in [-0.2, 0) is 6.54 Å². The number of carbonyl (C=O) groups is 1. The maximum atomic E-state index is 12.8. The summed E-state index contributed by atoms with van der Waals surface area (Å²) >= 11 is 0. The minimum atomic E-state index is -0.179. The zero-order chi connectivity index (χ0) is 18.6. The summed E-state index contributed by atoms with van der Waals surface area (Å²) in [7, 11) is 0. The van der Waals surface area contributed by atoms with Gasteiger partial charge in [-0.3, -0.25) is 0 Å². The fourth-order valence-corrected chi connectivity index (χ4v) is 3.30. The molecule has 0 radical (unpaired) electrons. The van der Waals surface area contributed by atoms with Crippen LogP contribution in [0, 0.1) is 0 Å². The highest BCUT2D eigenvalue weighted by Crippen LogP contribution is 2.25. The highest BCUT2D eigenvalue weighted by molar-refractivity contribution is 5.89. The van der Waals surface area contributed by atoms with E-state index in [0.717, 1.165) is 37.5 Å². The standard InChI is InChI=1S/C19H24N6O2/c1-14-13-27-17-5-3-2-4-15(17)12-25(14)19(26)23-16-10-21-18(22-11-16)24-8-6-20-7-9-24/h2-5,10-11,14,20H,6-9,12-13H2,1H3,(H,23,26). The van der Waals surface area contributed by atoms with Crippen LogP contribution in [0.5, 0.6) is 5.75 Å². The van der Waals surface area contributed by atoms with E-state index in [4.69, 9.17) is 4.74 Å².